The number of aromatic nitrogens is 3. The lowest BCUT2D eigenvalue weighted by molar-refractivity contribution is -0.141. The van der Waals surface area contributed by atoms with E-state index in [9.17, 15) is 9.59 Å². The molecule has 0 unspecified atom stereocenters. The molecule has 0 aliphatic carbocycles. The number of H-pyrrole nitrogens is 1. The van der Waals surface area contributed by atoms with Gasteiger partial charge in [-0.25, -0.2) is 0 Å². The van der Waals surface area contributed by atoms with Crippen LogP contribution in [0, 0.1) is 0 Å². The van der Waals surface area contributed by atoms with Gasteiger partial charge in [-0.3, -0.25) is 9.59 Å². The third kappa shape index (κ3) is 2.85. The van der Waals surface area contributed by atoms with E-state index in [1.165, 1.54) is 6.20 Å². The number of carbonyl (C=O) groups is 2. The van der Waals surface area contributed by atoms with Crippen LogP contribution in [-0.2, 0) is 9.53 Å². The summed E-state index contributed by atoms with van der Waals surface area (Å²) in [5.74, 6) is -0.948. The van der Waals surface area contributed by atoms with E-state index in [0.717, 1.165) is 0 Å². The van der Waals surface area contributed by atoms with Gasteiger partial charge in [0.2, 0.25) is 0 Å². The summed E-state index contributed by atoms with van der Waals surface area (Å²) in [5.41, 5.74) is 0.134. The second kappa shape index (κ2) is 4.95. The van der Waals surface area contributed by atoms with E-state index in [-0.39, 0.29) is 12.2 Å². The summed E-state index contributed by atoms with van der Waals surface area (Å²) in [6.07, 6.45) is 1.26. The van der Waals surface area contributed by atoms with Crippen LogP contribution < -0.4 is 5.32 Å². The fourth-order valence-corrected chi connectivity index (χ4v) is 0.766. The molecule has 0 aliphatic rings. The predicted molar refractivity (Wildman–Crippen MR) is 45.3 cm³/mol. The number of hydrogen-bond acceptors (Lipinski definition) is 5. The molecule has 1 heterocycles. The first-order chi connectivity index (χ1) is 6.74. The monoisotopic (exact) mass is 198 g/mol. The highest BCUT2D eigenvalue weighted by Crippen LogP contribution is 1.87. The van der Waals surface area contributed by atoms with E-state index < -0.39 is 11.9 Å². The minimum Gasteiger partial charge on any atom is -0.465 e. The van der Waals surface area contributed by atoms with Crippen LogP contribution in [0.5, 0.6) is 0 Å². The van der Waals surface area contributed by atoms with Crippen LogP contribution in [0.2, 0.25) is 0 Å². The first kappa shape index (κ1) is 10.2. The Hall–Kier alpha value is -1.92. The van der Waals surface area contributed by atoms with Crippen LogP contribution in [0.1, 0.15) is 17.4 Å². The zero-order valence-electron chi connectivity index (χ0n) is 7.61. The molecule has 14 heavy (non-hydrogen) atoms. The van der Waals surface area contributed by atoms with E-state index >= 15 is 0 Å². The Morgan fingerprint density at radius 3 is 3.00 bits per heavy atom. The average Bonchev–Trinajstić information content (AvgIpc) is 2.67. The van der Waals surface area contributed by atoms with Gasteiger partial charge in [-0.05, 0) is 6.92 Å². The number of hydrogen-bond donors (Lipinski definition) is 2. The largest absolute Gasteiger partial charge is 0.465 e. The summed E-state index contributed by atoms with van der Waals surface area (Å²) in [6, 6.07) is 0. The Morgan fingerprint density at radius 2 is 2.43 bits per heavy atom. The van der Waals surface area contributed by atoms with Crippen molar-refractivity contribution < 1.29 is 14.3 Å². The molecule has 0 saturated heterocycles. The molecule has 1 aromatic heterocycles. The van der Waals surface area contributed by atoms with Gasteiger partial charge in [-0.2, -0.15) is 15.4 Å². The second-order valence-electron chi connectivity index (χ2n) is 2.34. The van der Waals surface area contributed by atoms with Crippen LogP contribution in [0.4, 0.5) is 0 Å². The van der Waals surface area contributed by atoms with Crippen molar-refractivity contribution in [2.24, 2.45) is 0 Å². The van der Waals surface area contributed by atoms with E-state index in [2.05, 4.69) is 25.5 Å². The van der Waals surface area contributed by atoms with Gasteiger partial charge >= 0.3 is 5.97 Å². The topological polar surface area (TPSA) is 97.0 Å². The smallest absolute Gasteiger partial charge is 0.325 e. The van der Waals surface area contributed by atoms with Gasteiger partial charge in [0.25, 0.3) is 5.91 Å². The van der Waals surface area contributed by atoms with Gasteiger partial charge in [0.15, 0.2) is 5.69 Å². The number of rotatable bonds is 4. The minimum atomic E-state index is -0.482. The quantitative estimate of drug-likeness (QED) is 0.611. The Balaban J connectivity index is 2.32. The molecule has 0 spiro atoms. The zero-order chi connectivity index (χ0) is 10.4. The lowest BCUT2D eigenvalue weighted by Crippen LogP contribution is -2.30. The second-order valence-corrected chi connectivity index (χ2v) is 2.34. The van der Waals surface area contributed by atoms with Crippen molar-refractivity contribution in [1.29, 1.82) is 0 Å². The molecule has 1 amide bonds. The van der Waals surface area contributed by atoms with E-state index in [0.29, 0.717) is 6.61 Å². The molecular formula is C7H10N4O3. The Labute approximate surface area is 79.8 Å². The zero-order valence-corrected chi connectivity index (χ0v) is 7.61. The lowest BCUT2D eigenvalue weighted by Gasteiger charge is -2.01. The van der Waals surface area contributed by atoms with Crippen LogP contribution in [0.15, 0.2) is 6.20 Å². The summed E-state index contributed by atoms with van der Waals surface area (Å²) < 4.78 is 4.61. The van der Waals surface area contributed by atoms with Gasteiger partial charge in [-0.15, -0.1) is 0 Å². The predicted octanol–water partition coefficient (Wildman–Crippen LogP) is -0.902. The lowest BCUT2D eigenvalue weighted by atomic mass is 10.4. The molecule has 0 saturated carbocycles. The number of esters is 1. The molecule has 2 N–H and O–H groups in total. The van der Waals surface area contributed by atoms with Gasteiger partial charge in [0.1, 0.15) is 6.54 Å². The third-order valence-electron chi connectivity index (χ3n) is 1.35. The van der Waals surface area contributed by atoms with Crippen molar-refractivity contribution in [3.63, 3.8) is 0 Å². The first-order valence-electron chi connectivity index (χ1n) is 4.03. The molecule has 7 nitrogen and oxygen atoms in total. The highest BCUT2D eigenvalue weighted by molar-refractivity contribution is 5.93. The first-order valence-corrected chi connectivity index (χ1v) is 4.03. The number of aromatic amines is 1. The fraction of sp³-hybridized carbons (Fsp3) is 0.429. The van der Waals surface area contributed by atoms with Crippen LogP contribution >= 0.6 is 0 Å². The molecule has 0 aliphatic heterocycles. The highest BCUT2D eigenvalue weighted by Gasteiger charge is 2.10. The molecule has 0 bridgehead atoms. The van der Waals surface area contributed by atoms with Crippen LogP contribution in [0.3, 0.4) is 0 Å². The fourth-order valence-electron chi connectivity index (χ4n) is 0.766. The number of nitrogens with zero attached hydrogens (tertiary/aromatic N) is 2. The van der Waals surface area contributed by atoms with Crippen molar-refractivity contribution in [2.75, 3.05) is 13.2 Å². The Morgan fingerprint density at radius 1 is 1.64 bits per heavy atom. The van der Waals surface area contributed by atoms with Crippen molar-refractivity contribution in [3.05, 3.63) is 11.9 Å². The maximum atomic E-state index is 11.2. The van der Waals surface area contributed by atoms with Crippen molar-refractivity contribution >= 4 is 11.9 Å². The minimum absolute atomic E-state index is 0.134. The molecule has 0 atom stereocenters. The van der Waals surface area contributed by atoms with E-state index in [1.807, 2.05) is 0 Å². The summed E-state index contributed by atoms with van der Waals surface area (Å²) in [5, 5.41) is 11.6. The van der Waals surface area contributed by atoms with Crippen molar-refractivity contribution in [3.8, 4) is 0 Å². The van der Waals surface area contributed by atoms with Gasteiger partial charge in [0, 0.05) is 0 Å². The molecule has 0 fully saturated rings. The van der Waals surface area contributed by atoms with Crippen molar-refractivity contribution in [1.82, 2.24) is 20.7 Å². The molecular weight excluding hydrogens is 188 g/mol. The van der Waals surface area contributed by atoms with Crippen molar-refractivity contribution in [2.45, 2.75) is 6.92 Å². The maximum Gasteiger partial charge on any atom is 0.325 e. The summed E-state index contributed by atoms with van der Waals surface area (Å²) >= 11 is 0. The summed E-state index contributed by atoms with van der Waals surface area (Å²) in [6.45, 7) is 1.82. The number of nitrogens with one attached hydrogen (secondary N) is 2. The van der Waals surface area contributed by atoms with Gasteiger partial charge in [0.05, 0.1) is 12.8 Å². The van der Waals surface area contributed by atoms with Crippen LogP contribution in [-0.4, -0.2) is 40.4 Å². The normalized spacial score (nSPS) is 9.50. The third-order valence-corrected chi connectivity index (χ3v) is 1.35. The molecule has 1 aromatic rings. The Bertz CT molecular complexity index is 309. The number of carbonyl (C=O) groups excluding carboxylic acids is 2. The van der Waals surface area contributed by atoms with Crippen LogP contribution in [0.25, 0.3) is 0 Å². The highest BCUT2D eigenvalue weighted by atomic mass is 16.5. The maximum absolute atomic E-state index is 11.2. The number of ether oxygens (including phenoxy) is 1. The molecule has 0 aromatic carbocycles. The molecule has 1 rings (SSSR count). The summed E-state index contributed by atoms with van der Waals surface area (Å²) in [7, 11) is 0. The molecule has 0 radical (unpaired) electrons. The Kier molecular flexibility index (Phi) is 3.59. The standard InChI is InChI=1S/C7H10N4O3/c1-2-14-6(12)4-8-7(13)5-3-9-11-10-5/h3H,2,4H2,1H3,(H,8,13)(H,9,10,11). The molecule has 76 valence electrons. The van der Waals surface area contributed by atoms with Gasteiger partial charge in [-0.1, -0.05) is 0 Å². The molecule has 7 heteroatoms. The van der Waals surface area contributed by atoms with E-state index in [1.54, 1.807) is 6.92 Å². The van der Waals surface area contributed by atoms with E-state index in [4.69, 9.17) is 0 Å². The SMILES string of the molecule is CCOC(=O)CNC(=O)c1cn[nH]n1. The number of amides is 1. The average molecular weight is 198 g/mol. The van der Waals surface area contributed by atoms with Gasteiger partial charge < -0.3 is 10.1 Å². The summed E-state index contributed by atoms with van der Waals surface area (Å²) in [4.78, 5) is 22.0.